The van der Waals surface area contributed by atoms with Crippen LogP contribution in [-0.2, 0) is 24.0 Å². The van der Waals surface area contributed by atoms with E-state index < -0.39 is 60.8 Å². The van der Waals surface area contributed by atoms with Crippen molar-refractivity contribution < 1.29 is 70.7 Å². The summed E-state index contributed by atoms with van der Waals surface area (Å²) in [5.41, 5.74) is -2.97. The van der Waals surface area contributed by atoms with Gasteiger partial charge in [-0.25, -0.2) is 0 Å². The minimum absolute atomic E-state index is 0. The number of rotatable bonds is 8. The van der Waals surface area contributed by atoms with Crippen molar-refractivity contribution in [2.24, 2.45) is 0 Å². The van der Waals surface area contributed by atoms with E-state index >= 15 is 0 Å². The van der Waals surface area contributed by atoms with E-state index in [0.29, 0.717) is 0 Å². The van der Waals surface area contributed by atoms with E-state index in [-0.39, 0.29) is 48.7 Å². The molecule has 0 aromatic carbocycles. The first-order valence-electron chi connectivity index (χ1n) is 5.24. The van der Waals surface area contributed by atoms with Gasteiger partial charge in [-0.05, 0) is 0 Å². The molecule has 0 aromatic heterocycles. The number of aliphatic hydroxyl groups is 2. The van der Waals surface area contributed by atoms with Gasteiger partial charge in [0, 0.05) is 37.2 Å². The van der Waals surface area contributed by atoms with Gasteiger partial charge in [0.15, 0.2) is 0 Å². The van der Waals surface area contributed by atoms with Crippen molar-refractivity contribution in [1.82, 2.24) is 0 Å². The SMILES string of the molecule is O.O.O=C([O-])CC(O)(CC(=O)[O-])C(=O)[O-].O=C([O-])CC(O)C(=O)[O-].[Ca+2]. The molecule has 1 unspecified atom stereocenters. The van der Waals surface area contributed by atoms with Gasteiger partial charge in [0.2, 0.25) is 0 Å². The molecule has 0 aliphatic rings. The molecule has 0 fully saturated rings. The maximum Gasteiger partial charge on any atom is 2.00 e. The molecule has 0 aliphatic heterocycles. The Hall–Kier alpha value is -1.55. The zero-order chi connectivity index (χ0) is 18.1. The fourth-order valence-electron chi connectivity index (χ4n) is 0.926. The van der Waals surface area contributed by atoms with E-state index in [4.69, 9.17) is 10.2 Å². The molecule has 25 heavy (non-hydrogen) atoms. The summed E-state index contributed by atoms with van der Waals surface area (Å²) in [6.45, 7) is 0. The summed E-state index contributed by atoms with van der Waals surface area (Å²) in [5.74, 6) is -9.41. The third-order valence-corrected chi connectivity index (χ3v) is 1.89. The number of hydrogen-bond acceptors (Lipinski definition) is 12. The van der Waals surface area contributed by atoms with E-state index in [1.807, 2.05) is 0 Å². The van der Waals surface area contributed by atoms with Crippen molar-refractivity contribution in [3.05, 3.63) is 0 Å². The van der Waals surface area contributed by atoms with Crippen LogP contribution in [0.5, 0.6) is 0 Å². The molecular weight excluding hydrogens is 384 g/mol. The summed E-state index contributed by atoms with van der Waals surface area (Å²) in [4.78, 5) is 49.1. The van der Waals surface area contributed by atoms with Crippen LogP contribution in [0.2, 0.25) is 0 Å². The molecule has 0 aliphatic carbocycles. The Morgan fingerprint density at radius 2 is 1.12 bits per heavy atom. The third-order valence-electron chi connectivity index (χ3n) is 1.89. The van der Waals surface area contributed by atoms with Crippen LogP contribution in [0, 0.1) is 0 Å². The van der Waals surface area contributed by atoms with Gasteiger partial charge in [-0.1, -0.05) is 0 Å². The van der Waals surface area contributed by atoms with Gasteiger partial charge >= 0.3 is 37.7 Å². The topological polar surface area (TPSA) is 304 Å². The Bertz CT molecular complexity index is 445. The van der Waals surface area contributed by atoms with Gasteiger partial charge in [-0.3, -0.25) is 0 Å². The minimum Gasteiger partial charge on any atom is -0.550 e. The summed E-state index contributed by atoms with van der Waals surface area (Å²) in [7, 11) is 0. The molecule has 15 heteroatoms. The summed E-state index contributed by atoms with van der Waals surface area (Å²) in [6, 6.07) is 0. The Morgan fingerprint density at radius 3 is 1.24 bits per heavy atom. The van der Waals surface area contributed by atoms with Gasteiger partial charge in [0.1, 0.15) is 5.60 Å². The fraction of sp³-hybridized carbons (Fsp3) is 0.500. The Kier molecular flexibility index (Phi) is 22.1. The van der Waals surface area contributed by atoms with Gasteiger partial charge in [-0.15, -0.1) is 0 Å². The number of aliphatic hydroxyl groups excluding tert-OH is 1. The van der Waals surface area contributed by atoms with Crippen molar-refractivity contribution in [2.75, 3.05) is 0 Å². The molecule has 0 bridgehead atoms. The molecule has 142 valence electrons. The fourth-order valence-corrected chi connectivity index (χ4v) is 0.926. The summed E-state index contributed by atoms with van der Waals surface area (Å²) in [6.07, 6.45) is -5.61. The average Bonchev–Trinajstić information content (AvgIpc) is 2.25. The molecule has 0 saturated heterocycles. The van der Waals surface area contributed by atoms with Crippen molar-refractivity contribution >= 4 is 67.6 Å². The smallest absolute Gasteiger partial charge is 0.550 e. The summed E-state index contributed by atoms with van der Waals surface area (Å²) < 4.78 is 0. The number of carbonyl (C=O) groups excluding carboxylic acids is 5. The maximum absolute atomic E-state index is 10.1. The molecule has 0 amide bonds. The van der Waals surface area contributed by atoms with E-state index in [0.717, 1.165) is 0 Å². The van der Waals surface area contributed by atoms with Gasteiger partial charge in [0.25, 0.3) is 0 Å². The van der Waals surface area contributed by atoms with E-state index in [2.05, 4.69) is 0 Å². The number of carbonyl (C=O) groups is 5. The predicted molar refractivity (Wildman–Crippen MR) is 62.8 cm³/mol. The minimum atomic E-state index is -2.97. The zero-order valence-corrected chi connectivity index (χ0v) is 14.6. The van der Waals surface area contributed by atoms with Crippen LogP contribution in [0.4, 0.5) is 0 Å². The van der Waals surface area contributed by atoms with Crippen LogP contribution < -0.4 is 25.5 Å². The molecule has 14 nitrogen and oxygen atoms in total. The van der Waals surface area contributed by atoms with Crippen LogP contribution in [0.25, 0.3) is 0 Å². The normalized spacial score (nSPS) is 10.2. The third kappa shape index (κ3) is 18.6. The van der Waals surface area contributed by atoms with Crippen LogP contribution >= 0.6 is 0 Å². The zero-order valence-electron chi connectivity index (χ0n) is 12.4. The molecule has 0 rings (SSSR count). The molecule has 0 aromatic rings. The monoisotopic (exact) mass is 397 g/mol. The first kappa shape index (κ1) is 34.7. The standard InChI is InChI=1S/C6H8O7.C4H6O5.Ca.2H2O/c7-3(8)1-6(13,5(11)12)2-4(9)10;5-2(4(8)9)1-3(6)7;;;/h13H,1-2H2,(H,7,8)(H,9,10)(H,11,12);2,5H,1H2,(H,6,7)(H,8,9);;2*1H2/q;;+2;;/p-5. The predicted octanol–water partition coefficient (Wildman–Crippen LogP) is -11.0. The molecule has 6 N–H and O–H groups in total. The Balaban J connectivity index is -0.0000001000. The molecular formula is C10H13CaO14-3. The van der Waals surface area contributed by atoms with Crippen molar-refractivity contribution in [2.45, 2.75) is 31.0 Å². The quantitative estimate of drug-likeness (QED) is 0.360. The second-order valence-electron chi connectivity index (χ2n) is 3.83. The van der Waals surface area contributed by atoms with E-state index in [1.165, 1.54) is 0 Å². The second kappa shape index (κ2) is 15.9. The number of hydrogen-bond donors (Lipinski definition) is 2. The Morgan fingerprint density at radius 1 is 0.800 bits per heavy atom. The number of aliphatic carboxylic acids is 5. The molecule has 0 saturated carbocycles. The van der Waals surface area contributed by atoms with Gasteiger partial charge < -0.3 is 70.7 Å². The van der Waals surface area contributed by atoms with Crippen molar-refractivity contribution in [1.29, 1.82) is 0 Å². The van der Waals surface area contributed by atoms with Crippen molar-refractivity contribution in [3.63, 3.8) is 0 Å². The molecule has 1 atom stereocenters. The largest absolute Gasteiger partial charge is 2.00 e. The molecule has 0 radical (unpaired) electrons. The van der Waals surface area contributed by atoms with Crippen LogP contribution in [0.3, 0.4) is 0 Å². The maximum atomic E-state index is 10.1. The van der Waals surface area contributed by atoms with Gasteiger partial charge in [0.05, 0.1) is 18.0 Å². The number of carboxylic acids is 5. The second-order valence-corrected chi connectivity index (χ2v) is 3.83. The van der Waals surface area contributed by atoms with E-state index in [9.17, 15) is 49.5 Å². The Labute approximate surface area is 168 Å². The average molecular weight is 397 g/mol. The summed E-state index contributed by atoms with van der Waals surface area (Å²) >= 11 is 0. The first-order chi connectivity index (χ1) is 9.81. The van der Waals surface area contributed by atoms with Gasteiger partial charge in [-0.2, -0.15) is 0 Å². The van der Waals surface area contributed by atoms with E-state index in [1.54, 1.807) is 0 Å². The number of carboxylic acid groups (broad SMARTS) is 5. The van der Waals surface area contributed by atoms with Crippen molar-refractivity contribution in [3.8, 4) is 0 Å². The van der Waals surface area contributed by atoms with Crippen LogP contribution in [-0.4, -0.2) is 100 Å². The molecule has 0 spiro atoms. The first-order valence-corrected chi connectivity index (χ1v) is 5.24. The molecule has 0 heterocycles. The summed E-state index contributed by atoms with van der Waals surface area (Å²) in [5, 5.41) is 66.3. The van der Waals surface area contributed by atoms with Crippen LogP contribution in [0.1, 0.15) is 19.3 Å². The van der Waals surface area contributed by atoms with Crippen LogP contribution in [0.15, 0.2) is 0 Å².